The molecule has 0 radical (unpaired) electrons. The molecule has 2 aliphatic heterocycles. The third kappa shape index (κ3) is 8.82. The van der Waals surface area contributed by atoms with E-state index in [0.29, 0.717) is 25.8 Å². The largest absolute Gasteiger partial charge is 0.332 e. The number of ketones is 5. The van der Waals surface area contributed by atoms with E-state index in [1.807, 2.05) is 0 Å². The molecule has 0 N–H and O–H groups in total. The van der Waals surface area contributed by atoms with Gasteiger partial charge in [-0.2, -0.15) is 0 Å². The summed E-state index contributed by atoms with van der Waals surface area (Å²) >= 11 is 0. The smallest absolute Gasteiger partial charge is 0.226 e. The highest BCUT2D eigenvalue weighted by Gasteiger charge is 2.69. The van der Waals surface area contributed by atoms with Gasteiger partial charge in [0.15, 0.2) is 11.6 Å². The van der Waals surface area contributed by atoms with Crippen LogP contribution in [0.15, 0.2) is 12.7 Å². The van der Waals surface area contributed by atoms with Gasteiger partial charge in [-0.3, -0.25) is 28.8 Å². The number of amides is 1. The number of hydrogen-bond acceptors (Lipinski definition) is 6. The number of carbonyl (C=O) groups is 6. The van der Waals surface area contributed by atoms with Crippen molar-refractivity contribution < 1.29 is 28.8 Å². The van der Waals surface area contributed by atoms with Crippen molar-refractivity contribution in [3.8, 4) is 0 Å². The lowest BCUT2D eigenvalue weighted by molar-refractivity contribution is -0.146. The molecule has 2 saturated heterocycles. The van der Waals surface area contributed by atoms with Gasteiger partial charge in [-0.1, -0.05) is 84.1 Å². The molecule has 5 rings (SSSR count). The summed E-state index contributed by atoms with van der Waals surface area (Å²) < 4.78 is 0. The fraction of sp³-hybridized carbons (Fsp3) is 0.805. The van der Waals surface area contributed by atoms with Crippen molar-refractivity contribution in [1.29, 1.82) is 0 Å². The van der Waals surface area contributed by atoms with Crippen LogP contribution in [0.2, 0.25) is 0 Å². The van der Waals surface area contributed by atoms with Crippen LogP contribution in [0, 0.1) is 46.8 Å². The van der Waals surface area contributed by atoms with E-state index in [1.54, 1.807) is 11.0 Å². The zero-order chi connectivity index (χ0) is 34.4. The van der Waals surface area contributed by atoms with E-state index in [2.05, 4.69) is 20.4 Å². The molecule has 7 heteroatoms. The zero-order valence-electron chi connectivity index (χ0n) is 29.9. The van der Waals surface area contributed by atoms with Gasteiger partial charge in [0.05, 0.1) is 6.04 Å². The fourth-order valence-electron chi connectivity index (χ4n) is 9.68. The summed E-state index contributed by atoms with van der Waals surface area (Å²) in [6, 6.07) is -0.618. The molecule has 6 atom stereocenters. The van der Waals surface area contributed by atoms with Crippen LogP contribution in [0.1, 0.15) is 149 Å². The van der Waals surface area contributed by atoms with Crippen LogP contribution < -0.4 is 0 Å². The minimum atomic E-state index is -0.654. The Kier molecular flexibility index (Phi) is 12.7. The molecule has 0 bridgehead atoms. The topological polar surface area (TPSA) is 106 Å². The van der Waals surface area contributed by atoms with Crippen LogP contribution in [0.5, 0.6) is 0 Å². The Labute approximate surface area is 288 Å². The van der Waals surface area contributed by atoms with Gasteiger partial charge in [0, 0.05) is 55.9 Å². The summed E-state index contributed by atoms with van der Waals surface area (Å²) in [4.78, 5) is 83.9. The lowest BCUT2D eigenvalue weighted by Crippen LogP contribution is -2.48. The van der Waals surface area contributed by atoms with Crippen molar-refractivity contribution in [2.45, 2.75) is 155 Å². The Bertz CT molecular complexity index is 1230. The number of fused-ring (bicyclic) bond motifs is 3. The minimum Gasteiger partial charge on any atom is -0.332 e. The standard InChI is InChI=1S/C41H61NO6/c1-4-5-20-34(44)39(47)29-18-12-9-7-6-8-10-13-19-30(40(48)42-26-33-36(41(33,2)3)37(42)35(45)24-29)23-31(43)25-32(38(46)28-21-22-28)27-16-14-11-15-17-27/h4,27-30,32-33,36-37H,1,5-26H2,2-3H3/t29-,30-,32+,33+,36+,37-/m1/s1. The Balaban J connectivity index is 1.34. The number of nitrogens with zero attached hydrogens (tertiary/aromatic N) is 1. The summed E-state index contributed by atoms with van der Waals surface area (Å²) in [5.74, 6) is -1.54. The van der Waals surface area contributed by atoms with Crippen LogP contribution in [-0.2, 0) is 28.8 Å². The first-order chi connectivity index (χ1) is 23.0. The van der Waals surface area contributed by atoms with Gasteiger partial charge in [-0.15, -0.1) is 6.58 Å². The summed E-state index contributed by atoms with van der Waals surface area (Å²) in [5.41, 5.74) is -0.0705. The molecule has 5 aliphatic rings. The second-order valence-corrected chi connectivity index (χ2v) is 16.7. The minimum absolute atomic E-state index is 0.0116. The van der Waals surface area contributed by atoms with Crippen LogP contribution in [0.4, 0.5) is 0 Å². The van der Waals surface area contributed by atoms with Crippen molar-refractivity contribution in [2.24, 2.45) is 46.8 Å². The SMILES string of the molecule is C=CCCC(=O)C(=O)[C@@H]1CCCCCCCCC[C@H](CC(=O)C[C@H](C(=O)C2CC2)C2CCCCC2)C(=O)N2C[C@H]3[C@@H]([C@H]2C(=O)C1)C3(C)C. The maximum atomic E-state index is 14.5. The first-order valence-corrected chi connectivity index (χ1v) is 19.6. The number of piperidine rings is 1. The Morgan fingerprint density at radius 1 is 0.833 bits per heavy atom. The molecule has 3 saturated carbocycles. The number of carbonyl (C=O) groups excluding carboxylic acids is 6. The van der Waals surface area contributed by atoms with Crippen LogP contribution in [-0.4, -0.2) is 52.3 Å². The van der Waals surface area contributed by atoms with Gasteiger partial charge in [0.25, 0.3) is 0 Å². The zero-order valence-corrected chi connectivity index (χ0v) is 29.9. The Morgan fingerprint density at radius 3 is 2.08 bits per heavy atom. The number of rotatable bonds is 12. The molecule has 2 heterocycles. The van der Waals surface area contributed by atoms with Gasteiger partial charge >= 0.3 is 0 Å². The van der Waals surface area contributed by atoms with E-state index in [9.17, 15) is 28.8 Å². The molecular formula is C41H61NO6. The van der Waals surface area contributed by atoms with E-state index in [4.69, 9.17) is 0 Å². The van der Waals surface area contributed by atoms with Crippen LogP contribution in [0.3, 0.4) is 0 Å². The van der Waals surface area contributed by atoms with Crippen molar-refractivity contribution in [2.75, 3.05) is 6.54 Å². The normalized spacial score (nSPS) is 31.0. The van der Waals surface area contributed by atoms with Gasteiger partial charge in [-0.25, -0.2) is 0 Å². The van der Waals surface area contributed by atoms with Gasteiger partial charge < -0.3 is 4.90 Å². The Hall–Kier alpha value is -2.44. The summed E-state index contributed by atoms with van der Waals surface area (Å²) in [6.45, 7) is 8.48. The highest BCUT2D eigenvalue weighted by atomic mass is 16.2. The van der Waals surface area contributed by atoms with E-state index in [0.717, 1.165) is 83.5 Å². The average molecular weight is 664 g/mol. The molecule has 7 nitrogen and oxygen atoms in total. The molecule has 1 amide bonds. The van der Waals surface area contributed by atoms with E-state index < -0.39 is 29.4 Å². The molecule has 3 aliphatic carbocycles. The molecule has 0 aromatic heterocycles. The van der Waals surface area contributed by atoms with Gasteiger partial charge in [0.1, 0.15) is 11.6 Å². The highest BCUT2D eigenvalue weighted by Crippen LogP contribution is 2.65. The maximum Gasteiger partial charge on any atom is 0.226 e. The Morgan fingerprint density at radius 2 is 1.44 bits per heavy atom. The molecule has 5 fully saturated rings. The van der Waals surface area contributed by atoms with Crippen molar-refractivity contribution in [1.82, 2.24) is 4.90 Å². The second-order valence-electron chi connectivity index (χ2n) is 16.7. The molecule has 48 heavy (non-hydrogen) atoms. The van der Waals surface area contributed by atoms with E-state index in [-0.39, 0.29) is 83.9 Å². The molecule has 0 aromatic rings. The van der Waals surface area contributed by atoms with Gasteiger partial charge in [-0.05, 0) is 68.1 Å². The van der Waals surface area contributed by atoms with Crippen molar-refractivity contribution in [3.63, 3.8) is 0 Å². The molecule has 0 aromatic carbocycles. The monoisotopic (exact) mass is 663 g/mol. The summed E-state index contributed by atoms with van der Waals surface area (Å²) in [7, 11) is 0. The van der Waals surface area contributed by atoms with Gasteiger partial charge in [0.2, 0.25) is 11.7 Å². The first kappa shape index (κ1) is 36.8. The van der Waals surface area contributed by atoms with E-state index >= 15 is 0 Å². The quantitative estimate of drug-likeness (QED) is 0.156. The first-order valence-electron chi connectivity index (χ1n) is 19.6. The number of Topliss-reactive ketones (excluding diaryl/α,β-unsaturated/α-hetero) is 5. The highest BCUT2D eigenvalue weighted by molar-refractivity contribution is 6.38. The second kappa shape index (κ2) is 16.5. The van der Waals surface area contributed by atoms with E-state index in [1.165, 1.54) is 6.42 Å². The lowest BCUT2D eigenvalue weighted by Gasteiger charge is -2.34. The van der Waals surface area contributed by atoms with Crippen molar-refractivity contribution >= 4 is 34.8 Å². The third-order valence-electron chi connectivity index (χ3n) is 12.9. The summed E-state index contributed by atoms with van der Waals surface area (Å²) in [5, 5.41) is 0. The molecular weight excluding hydrogens is 602 g/mol. The predicted molar refractivity (Wildman–Crippen MR) is 186 cm³/mol. The molecule has 0 unspecified atom stereocenters. The molecule has 0 spiro atoms. The van der Waals surface area contributed by atoms with Crippen molar-refractivity contribution in [3.05, 3.63) is 12.7 Å². The number of hydrogen-bond donors (Lipinski definition) is 0. The average Bonchev–Trinajstić information content (AvgIpc) is 3.96. The van der Waals surface area contributed by atoms with Crippen LogP contribution >= 0.6 is 0 Å². The maximum absolute atomic E-state index is 14.5. The third-order valence-corrected chi connectivity index (χ3v) is 12.9. The molecule has 266 valence electrons. The fourth-order valence-corrected chi connectivity index (χ4v) is 9.68. The predicted octanol–water partition coefficient (Wildman–Crippen LogP) is 7.81. The van der Waals surface area contributed by atoms with Crippen LogP contribution in [0.25, 0.3) is 0 Å². The lowest BCUT2D eigenvalue weighted by atomic mass is 9.74. The summed E-state index contributed by atoms with van der Waals surface area (Å²) in [6.07, 6.45) is 17.8. The number of allylic oxidation sites excluding steroid dienone is 1.